The number of rotatable bonds is 3. The Labute approximate surface area is 184 Å². The van der Waals surface area contributed by atoms with Crippen LogP contribution in [0.15, 0.2) is 18.2 Å². The summed E-state index contributed by atoms with van der Waals surface area (Å²) in [5, 5.41) is 2.90. The molecule has 4 rings (SSSR count). The number of fused-ring (bicyclic) bond motifs is 1. The minimum absolute atomic E-state index is 0.0458. The van der Waals surface area contributed by atoms with Crippen LogP contribution in [0.5, 0.6) is 0 Å². The van der Waals surface area contributed by atoms with Gasteiger partial charge in [0.1, 0.15) is 6.61 Å². The van der Waals surface area contributed by atoms with Crippen LogP contribution in [0.25, 0.3) is 0 Å². The molecule has 3 saturated heterocycles. The van der Waals surface area contributed by atoms with Crippen molar-refractivity contribution in [3.8, 4) is 0 Å². The molecule has 176 valence electrons. The molecular weight excluding hydrogens is 427 g/mol. The second-order valence-electron chi connectivity index (χ2n) is 8.69. The first-order valence-electron chi connectivity index (χ1n) is 10.9. The first-order valence-corrected chi connectivity index (χ1v) is 10.9. The van der Waals surface area contributed by atoms with Gasteiger partial charge in [-0.1, -0.05) is 12.1 Å². The third-order valence-electron chi connectivity index (χ3n) is 6.40. The summed E-state index contributed by atoms with van der Waals surface area (Å²) in [5.74, 6) is -0.158. The highest BCUT2D eigenvalue weighted by molar-refractivity contribution is 5.79. The summed E-state index contributed by atoms with van der Waals surface area (Å²) in [6.45, 7) is 3.69. The predicted octanol–water partition coefficient (Wildman–Crippen LogP) is 2.70. The van der Waals surface area contributed by atoms with E-state index < -0.39 is 11.7 Å². The van der Waals surface area contributed by atoms with Gasteiger partial charge >= 0.3 is 12.2 Å². The SMILES string of the molecule is Cc1ccc(COC2CCN(C(=O)N3CCC4OCC(=O)N[C@@H]4C3)CC2)cc1C(F)(F)F. The first kappa shape index (κ1) is 22.8. The van der Waals surface area contributed by atoms with Gasteiger partial charge in [-0.3, -0.25) is 4.79 Å². The summed E-state index contributed by atoms with van der Waals surface area (Å²) >= 11 is 0. The molecule has 3 heterocycles. The minimum atomic E-state index is -4.38. The van der Waals surface area contributed by atoms with E-state index in [-0.39, 0.29) is 49.0 Å². The van der Waals surface area contributed by atoms with E-state index in [4.69, 9.17) is 9.47 Å². The lowest BCUT2D eigenvalue weighted by Gasteiger charge is -2.43. The van der Waals surface area contributed by atoms with E-state index >= 15 is 0 Å². The highest BCUT2D eigenvalue weighted by atomic mass is 19.4. The fraction of sp³-hybridized carbons (Fsp3) is 0.636. The third-order valence-corrected chi connectivity index (χ3v) is 6.40. The van der Waals surface area contributed by atoms with E-state index in [1.54, 1.807) is 15.9 Å². The molecule has 32 heavy (non-hydrogen) atoms. The highest BCUT2D eigenvalue weighted by Gasteiger charge is 2.38. The number of benzene rings is 1. The molecule has 3 aliphatic heterocycles. The third kappa shape index (κ3) is 5.17. The molecule has 3 amide bonds. The van der Waals surface area contributed by atoms with Crippen molar-refractivity contribution in [3.63, 3.8) is 0 Å². The van der Waals surface area contributed by atoms with Gasteiger partial charge < -0.3 is 24.6 Å². The molecule has 0 aliphatic carbocycles. The van der Waals surface area contributed by atoms with Gasteiger partial charge in [-0.15, -0.1) is 0 Å². The topological polar surface area (TPSA) is 71.1 Å². The Morgan fingerprint density at radius 3 is 2.62 bits per heavy atom. The number of morpholine rings is 1. The second-order valence-corrected chi connectivity index (χ2v) is 8.69. The molecule has 1 N–H and O–H groups in total. The van der Waals surface area contributed by atoms with Crippen molar-refractivity contribution in [1.82, 2.24) is 15.1 Å². The van der Waals surface area contributed by atoms with E-state index in [0.717, 1.165) is 6.07 Å². The first-order chi connectivity index (χ1) is 15.2. The molecule has 1 unspecified atom stereocenters. The monoisotopic (exact) mass is 455 g/mol. The summed E-state index contributed by atoms with van der Waals surface area (Å²) in [6, 6.07) is 4.03. The van der Waals surface area contributed by atoms with E-state index in [9.17, 15) is 22.8 Å². The number of piperidine rings is 2. The molecule has 3 fully saturated rings. The zero-order valence-electron chi connectivity index (χ0n) is 18.0. The lowest BCUT2D eigenvalue weighted by atomic mass is 10.0. The molecular formula is C22H28F3N3O4. The molecule has 0 saturated carbocycles. The Morgan fingerprint density at radius 1 is 1.19 bits per heavy atom. The van der Waals surface area contributed by atoms with Crippen molar-refractivity contribution >= 4 is 11.9 Å². The maximum atomic E-state index is 13.1. The van der Waals surface area contributed by atoms with Gasteiger partial charge in [0, 0.05) is 26.2 Å². The summed E-state index contributed by atoms with van der Waals surface area (Å²) < 4.78 is 50.7. The van der Waals surface area contributed by atoms with Gasteiger partial charge in [0.05, 0.1) is 30.4 Å². The number of hydrogen-bond donors (Lipinski definition) is 1. The fourth-order valence-electron chi connectivity index (χ4n) is 4.57. The summed E-state index contributed by atoms with van der Waals surface area (Å²) in [6.07, 6.45) is -2.59. The van der Waals surface area contributed by atoms with Crippen molar-refractivity contribution < 1.29 is 32.2 Å². The molecule has 2 atom stereocenters. The number of aryl methyl sites for hydroxylation is 1. The maximum absolute atomic E-state index is 13.1. The Kier molecular flexibility index (Phi) is 6.62. The number of ether oxygens (including phenoxy) is 2. The van der Waals surface area contributed by atoms with Crippen molar-refractivity contribution in [1.29, 1.82) is 0 Å². The standard InChI is InChI=1S/C22H28F3N3O4/c1-14-2-3-15(10-17(14)22(23,24)25)12-31-16-4-7-27(8-5-16)21(30)28-9-6-19-18(11-28)26-20(29)13-32-19/h2-3,10,16,18-19H,4-9,11-13H2,1H3,(H,26,29)/t18-,19?/m1/s1. The van der Waals surface area contributed by atoms with E-state index in [1.807, 2.05) is 0 Å². The van der Waals surface area contributed by atoms with Crippen LogP contribution in [0.1, 0.15) is 36.0 Å². The zero-order chi connectivity index (χ0) is 22.9. The Balaban J connectivity index is 1.25. The van der Waals surface area contributed by atoms with Crippen LogP contribution < -0.4 is 5.32 Å². The molecule has 1 aromatic rings. The average Bonchev–Trinajstić information content (AvgIpc) is 2.77. The number of likely N-dealkylation sites (tertiary alicyclic amines) is 2. The number of urea groups is 1. The summed E-state index contributed by atoms with van der Waals surface area (Å²) in [4.78, 5) is 28.0. The lowest BCUT2D eigenvalue weighted by Crippen LogP contribution is -2.62. The van der Waals surface area contributed by atoms with Gasteiger partial charge in [-0.2, -0.15) is 13.2 Å². The number of amides is 3. The van der Waals surface area contributed by atoms with Crippen molar-refractivity contribution in [2.75, 3.05) is 32.8 Å². The van der Waals surface area contributed by atoms with Crippen LogP contribution in [0.3, 0.4) is 0 Å². The Bertz CT molecular complexity index is 855. The zero-order valence-corrected chi connectivity index (χ0v) is 18.0. The smallest absolute Gasteiger partial charge is 0.373 e. The Hall–Kier alpha value is -2.33. The molecule has 0 bridgehead atoms. The van der Waals surface area contributed by atoms with Gasteiger partial charge in [0.2, 0.25) is 5.91 Å². The number of nitrogens with zero attached hydrogens (tertiary/aromatic N) is 2. The highest BCUT2D eigenvalue weighted by Crippen LogP contribution is 2.32. The Morgan fingerprint density at radius 2 is 1.91 bits per heavy atom. The van der Waals surface area contributed by atoms with Crippen molar-refractivity contribution in [3.05, 3.63) is 34.9 Å². The molecule has 3 aliphatic rings. The average molecular weight is 455 g/mol. The fourth-order valence-corrected chi connectivity index (χ4v) is 4.57. The van der Waals surface area contributed by atoms with Gasteiger partial charge in [-0.05, 0) is 43.4 Å². The maximum Gasteiger partial charge on any atom is 0.416 e. The molecule has 7 nitrogen and oxygen atoms in total. The molecule has 10 heteroatoms. The van der Waals surface area contributed by atoms with Gasteiger partial charge in [-0.25, -0.2) is 4.79 Å². The van der Waals surface area contributed by atoms with Gasteiger partial charge in [0.15, 0.2) is 0 Å². The largest absolute Gasteiger partial charge is 0.416 e. The number of nitrogens with one attached hydrogen (secondary N) is 1. The minimum Gasteiger partial charge on any atom is -0.373 e. The summed E-state index contributed by atoms with van der Waals surface area (Å²) in [5.41, 5.74) is 0.0415. The molecule has 0 aromatic heterocycles. The van der Waals surface area contributed by atoms with Crippen molar-refractivity contribution in [2.24, 2.45) is 0 Å². The molecule has 0 spiro atoms. The van der Waals surface area contributed by atoms with Crippen LogP contribution in [0.4, 0.5) is 18.0 Å². The van der Waals surface area contributed by atoms with Crippen LogP contribution in [-0.4, -0.2) is 72.8 Å². The van der Waals surface area contributed by atoms with Crippen LogP contribution in [0.2, 0.25) is 0 Å². The quantitative estimate of drug-likeness (QED) is 0.761. The van der Waals surface area contributed by atoms with E-state index in [2.05, 4.69) is 5.32 Å². The molecule has 1 aromatic carbocycles. The van der Waals surface area contributed by atoms with E-state index in [0.29, 0.717) is 51.0 Å². The van der Waals surface area contributed by atoms with E-state index in [1.165, 1.54) is 13.0 Å². The van der Waals surface area contributed by atoms with Crippen molar-refractivity contribution in [2.45, 2.75) is 57.2 Å². The number of hydrogen-bond acceptors (Lipinski definition) is 4. The number of halogens is 3. The summed E-state index contributed by atoms with van der Waals surface area (Å²) in [7, 11) is 0. The lowest BCUT2D eigenvalue weighted by molar-refractivity contribution is -0.140. The van der Waals surface area contributed by atoms with Crippen LogP contribution in [-0.2, 0) is 27.1 Å². The van der Waals surface area contributed by atoms with Crippen LogP contribution >= 0.6 is 0 Å². The number of carbonyl (C=O) groups excluding carboxylic acids is 2. The van der Waals surface area contributed by atoms with Gasteiger partial charge in [0.25, 0.3) is 0 Å². The number of alkyl halides is 3. The predicted molar refractivity (Wildman–Crippen MR) is 109 cm³/mol. The van der Waals surface area contributed by atoms with Crippen LogP contribution in [0, 0.1) is 6.92 Å². The second kappa shape index (κ2) is 9.27. The number of carbonyl (C=O) groups is 2. The normalized spacial score (nSPS) is 24.8. The molecule has 0 radical (unpaired) electrons.